The molecule has 0 spiro atoms. The SMILES string of the molecule is CCCc1cc(OCC)c2c(c1CCC)C(=C1SC(N3CCOCC3)=NC1=N)NC2=N.Cl. The normalized spacial score (nSPS) is 20.1. The molecule has 0 bridgehead atoms. The Bertz CT molecular complexity index is 970. The van der Waals surface area contributed by atoms with Crippen molar-refractivity contribution in [2.24, 2.45) is 4.99 Å². The summed E-state index contributed by atoms with van der Waals surface area (Å²) >= 11 is 1.53. The van der Waals surface area contributed by atoms with Gasteiger partial charge in [-0.15, -0.1) is 12.4 Å². The number of fused-ring (bicyclic) bond motifs is 1. The number of thioether (sulfide) groups is 1. The zero-order chi connectivity index (χ0) is 22.0. The minimum absolute atomic E-state index is 0. The van der Waals surface area contributed by atoms with E-state index in [0.717, 1.165) is 71.4 Å². The van der Waals surface area contributed by atoms with E-state index in [1.165, 1.54) is 22.9 Å². The molecule has 0 saturated carbocycles. The van der Waals surface area contributed by atoms with Crippen LogP contribution >= 0.6 is 24.2 Å². The van der Waals surface area contributed by atoms with E-state index in [1.807, 2.05) is 6.92 Å². The van der Waals surface area contributed by atoms with Gasteiger partial charge in [0.25, 0.3) is 0 Å². The molecule has 1 aromatic carbocycles. The van der Waals surface area contributed by atoms with Crippen molar-refractivity contribution in [3.05, 3.63) is 33.2 Å². The summed E-state index contributed by atoms with van der Waals surface area (Å²) in [5.41, 5.74) is 5.25. The van der Waals surface area contributed by atoms with Gasteiger partial charge in [-0.3, -0.25) is 10.8 Å². The summed E-state index contributed by atoms with van der Waals surface area (Å²) in [7, 11) is 0. The van der Waals surface area contributed by atoms with Crippen molar-refractivity contribution in [1.29, 1.82) is 10.8 Å². The number of nitrogens with one attached hydrogen (secondary N) is 3. The fourth-order valence-corrected chi connectivity index (χ4v) is 5.39. The highest BCUT2D eigenvalue weighted by atomic mass is 35.5. The molecular weight excluding hydrogens is 446 g/mol. The number of rotatable bonds is 6. The first kappa shape index (κ1) is 24.6. The van der Waals surface area contributed by atoms with Crippen LogP contribution in [0.3, 0.4) is 0 Å². The number of ether oxygens (including phenoxy) is 2. The van der Waals surface area contributed by atoms with Crippen molar-refractivity contribution < 1.29 is 9.47 Å². The third kappa shape index (κ3) is 4.54. The lowest BCUT2D eigenvalue weighted by atomic mass is 9.90. The minimum atomic E-state index is 0. The molecule has 7 nitrogen and oxygen atoms in total. The van der Waals surface area contributed by atoms with Crippen molar-refractivity contribution in [2.45, 2.75) is 46.5 Å². The van der Waals surface area contributed by atoms with Crippen LogP contribution in [0.4, 0.5) is 0 Å². The number of hydrogen-bond acceptors (Lipinski definition) is 6. The monoisotopic (exact) mass is 477 g/mol. The fourth-order valence-electron chi connectivity index (χ4n) is 4.36. The predicted octanol–water partition coefficient (Wildman–Crippen LogP) is 4.42. The fraction of sp³-hybridized carbons (Fsp3) is 0.522. The van der Waals surface area contributed by atoms with E-state index in [9.17, 15) is 0 Å². The molecule has 1 saturated heterocycles. The molecule has 1 fully saturated rings. The molecule has 0 radical (unpaired) electrons. The lowest BCUT2D eigenvalue weighted by Crippen LogP contribution is -2.38. The van der Waals surface area contributed by atoms with Gasteiger partial charge in [-0.2, -0.15) is 0 Å². The number of halogens is 1. The Morgan fingerprint density at radius 2 is 1.84 bits per heavy atom. The lowest BCUT2D eigenvalue weighted by molar-refractivity contribution is 0.0694. The minimum Gasteiger partial charge on any atom is -0.493 e. The third-order valence-corrected chi connectivity index (χ3v) is 6.82. The highest BCUT2D eigenvalue weighted by Crippen LogP contribution is 2.43. The van der Waals surface area contributed by atoms with Gasteiger partial charge < -0.3 is 19.7 Å². The molecule has 3 N–H and O–H groups in total. The van der Waals surface area contributed by atoms with Crippen LogP contribution in [0.1, 0.15) is 55.9 Å². The van der Waals surface area contributed by atoms with Gasteiger partial charge in [0.1, 0.15) is 11.6 Å². The molecule has 9 heteroatoms. The molecule has 1 aromatic rings. The van der Waals surface area contributed by atoms with Gasteiger partial charge in [-0.25, -0.2) is 4.99 Å². The average molecular weight is 478 g/mol. The predicted molar refractivity (Wildman–Crippen MR) is 135 cm³/mol. The van der Waals surface area contributed by atoms with Gasteiger partial charge in [-0.1, -0.05) is 26.7 Å². The number of benzene rings is 1. The summed E-state index contributed by atoms with van der Waals surface area (Å²) < 4.78 is 11.4. The van der Waals surface area contributed by atoms with Crippen LogP contribution in [0.5, 0.6) is 5.75 Å². The Kier molecular flexibility index (Phi) is 8.25. The van der Waals surface area contributed by atoms with Gasteiger partial charge in [0, 0.05) is 18.7 Å². The van der Waals surface area contributed by atoms with Crippen LogP contribution in [-0.4, -0.2) is 54.6 Å². The highest BCUT2D eigenvalue weighted by molar-refractivity contribution is 8.18. The van der Waals surface area contributed by atoms with Crippen molar-refractivity contribution >= 4 is 46.7 Å². The van der Waals surface area contributed by atoms with Crippen LogP contribution < -0.4 is 10.1 Å². The first-order chi connectivity index (χ1) is 15.1. The quantitative estimate of drug-likeness (QED) is 0.563. The number of morpholine rings is 1. The Morgan fingerprint density at radius 1 is 1.12 bits per heavy atom. The summed E-state index contributed by atoms with van der Waals surface area (Å²) in [6.45, 7) is 9.85. The molecule has 0 unspecified atom stereocenters. The van der Waals surface area contributed by atoms with Crippen molar-refractivity contribution in [3.8, 4) is 5.75 Å². The Labute approximate surface area is 200 Å². The van der Waals surface area contributed by atoms with Crippen LogP contribution in [0, 0.1) is 10.8 Å². The number of aryl methyl sites for hydroxylation is 1. The maximum absolute atomic E-state index is 8.69. The molecule has 0 amide bonds. The number of aliphatic imine (C=N–C) groups is 1. The Hall–Kier alpha value is -2.03. The van der Waals surface area contributed by atoms with Gasteiger partial charge in [0.05, 0.1) is 36.0 Å². The van der Waals surface area contributed by atoms with Crippen LogP contribution in [-0.2, 0) is 17.6 Å². The van der Waals surface area contributed by atoms with E-state index in [1.54, 1.807) is 0 Å². The summed E-state index contributed by atoms with van der Waals surface area (Å²) in [5, 5.41) is 21.4. The molecule has 0 aromatic heterocycles. The molecule has 3 aliphatic heterocycles. The third-order valence-electron chi connectivity index (χ3n) is 5.68. The van der Waals surface area contributed by atoms with Gasteiger partial charge >= 0.3 is 0 Å². The van der Waals surface area contributed by atoms with Gasteiger partial charge in [-0.05, 0) is 48.7 Å². The second-order valence-electron chi connectivity index (χ2n) is 7.84. The first-order valence-corrected chi connectivity index (χ1v) is 12.0. The summed E-state index contributed by atoms with van der Waals surface area (Å²) in [5.74, 6) is 1.36. The Morgan fingerprint density at radius 3 is 2.50 bits per heavy atom. The zero-order valence-corrected chi connectivity index (χ0v) is 20.6. The zero-order valence-electron chi connectivity index (χ0n) is 19.0. The number of hydrogen-bond donors (Lipinski definition) is 3. The van der Waals surface area contributed by atoms with E-state index in [4.69, 9.17) is 20.3 Å². The van der Waals surface area contributed by atoms with Gasteiger partial charge in [0.2, 0.25) is 0 Å². The molecule has 0 aliphatic carbocycles. The van der Waals surface area contributed by atoms with Crippen molar-refractivity contribution in [1.82, 2.24) is 10.2 Å². The summed E-state index contributed by atoms with van der Waals surface area (Å²) in [6.07, 6.45) is 3.98. The molecule has 3 aliphatic rings. The second kappa shape index (κ2) is 10.7. The van der Waals surface area contributed by atoms with Crippen LogP contribution in [0.15, 0.2) is 16.0 Å². The van der Waals surface area contributed by atoms with E-state index in [-0.39, 0.29) is 18.2 Å². The van der Waals surface area contributed by atoms with E-state index < -0.39 is 0 Å². The topological polar surface area (TPSA) is 93.8 Å². The smallest absolute Gasteiger partial charge is 0.171 e. The number of nitrogens with zero attached hydrogens (tertiary/aromatic N) is 2. The second-order valence-corrected chi connectivity index (χ2v) is 8.82. The summed E-state index contributed by atoms with van der Waals surface area (Å²) in [6, 6.07) is 2.13. The molecule has 4 rings (SSSR count). The van der Waals surface area contributed by atoms with Crippen molar-refractivity contribution in [2.75, 3.05) is 32.9 Å². The summed E-state index contributed by atoms with van der Waals surface area (Å²) in [4.78, 5) is 7.54. The highest BCUT2D eigenvalue weighted by Gasteiger charge is 2.36. The largest absolute Gasteiger partial charge is 0.493 e. The number of amidine groups is 3. The molecule has 0 atom stereocenters. The van der Waals surface area contributed by atoms with E-state index in [2.05, 4.69) is 35.1 Å². The maximum Gasteiger partial charge on any atom is 0.171 e. The van der Waals surface area contributed by atoms with Crippen LogP contribution in [0.25, 0.3) is 5.70 Å². The molecule has 174 valence electrons. The van der Waals surface area contributed by atoms with Crippen molar-refractivity contribution in [3.63, 3.8) is 0 Å². The van der Waals surface area contributed by atoms with E-state index >= 15 is 0 Å². The average Bonchev–Trinajstić information content (AvgIpc) is 3.32. The lowest BCUT2D eigenvalue weighted by Gasteiger charge is -2.27. The van der Waals surface area contributed by atoms with Gasteiger partial charge in [0.15, 0.2) is 11.0 Å². The first-order valence-electron chi connectivity index (χ1n) is 11.2. The molecule has 32 heavy (non-hydrogen) atoms. The molecule has 3 heterocycles. The standard InChI is InChI=1S/C23H31N5O2S.ClH/c1-4-7-14-13-16(30-6-3)18-17(15(14)8-5-2)19(26-21(18)24)20-22(25)27-23(31-20)28-9-11-29-12-10-28;/h13,25H,4-12H2,1-3H3,(H2,24,26);1H. The van der Waals surface area contributed by atoms with Crippen LogP contribution in [0.2, 0.25) is 0 Å². The maximum atomic E-state index is 8.69. The molecular formula is C23H32ClN5O2S. The Balaban J connectivity index is 0.00000289. The van der Waals surface area contributed by atoms with E-state index in [0.29, 0.717) is 25.7 Å².